The van der Waals surface area contributed by atoms with Crippen LogP contribution in [0.1, 0.15) is 35.6 Å². The van der Waals surface area contributed by atoms with Gasteiger partial charge in [0.2, 0.25) is 0 Å². The molecule has 0 unspecified atom stereocenters. The summed E-state index contributed by atoms with van der Waals surface area (Å²) in [5, 5.41) is 4.36. The molecular weight excluding hydrogens is 252 g/mol. The molecule has 0 aliphatic heterocycles. The van der Waals surface area contributed by atoms with E-state index in [4.69, 9.17) is 4.74 Å². The van der Waals surface area contributed by atoms with Crippen molar-refractivity contribution >= 4 is 5.78 Å². The fraction of sp³-hybridized carbons (Fsp3) is 0.375. The molecule has 0 saturated heterocycles. The molecule has 1 aromatic carbocycles. The maximum Gasteiger partial charge on any atom is 0.168 e. The number of hydrogen-bond donors (Lipinski definition) is 0. The van der Waals surface area contributed by atoms with Crippen LogP contribution < -0.4 is 4.74 Å². The molecule has 0 radical (unpaired) electrons. The Labute approximate surface area is 119 Å². The molecule has 0 N–H and O–H groups in total. The van der Waals surface area contributed by atoms with Gasteiger partial charge in [-0.3, -0.25) is 9.48 Å². The predicted molar refractivity (Wildman–Crippen MR) is 78.3 cm³/mol. The number of carbonyl (C=O) groups excluding carboxylic acids is 1. The molecule has 4 nitrogen and oxygen atoms in total. The second kappa shape index (κ2) is 6.37. The maximum absolute atomic E-state index is 12.4. The van der Waals surface area contributed by atoms with Crippen LogP contribution in [0.4, 0.5) is 0 Å². The second-order valence-corrected chi connectivity index (χ2v) is 4.65. The van der Waals surface area contributed by atoms with Crippen LogP contribution in [0.25, 0.3) is 0 Å². The predicted octanol–water partition coefficient (Wildman–Crippen LogP) is 3.04. The van der Waals surface area contributed by atoms with Gasteiger partial charge in [0.15, 0.2) is 5.78 Å². The number of Topliss-reactive ketones (excluding diaryl/α,β-unsaturated/α-hetero) is 1. The molecule has 0 spiro atoms. The zero-order valence-corrected chi connectivity index (χ0v) is 12.2. The van der Waals surface area contributed by atoms with Gasteiger partial charge < -0.3 is 4.74 Å². The molecular formula is C16H20N2O2. The Balaban J connectivity index is 2.17. The molecule has 4 heteroatoms. The lowest BCUT2D eigenvalue weighted by molar-refractivity contribution is 0.0990. The lowest BCUT2D eigenvalue weighted by Crippen LogP contribution is -2.09. The highest BCUT2D eigenvalue weighted by molar-refractivity contribution is 5.97. The molecule has 2 rings (SSSR count). The molecule has 1 aromatic heterocycles. The van der Waals surface area contributed by atoms with E-state index in [9.17, 15) is 4.79 Å². The van der Waals surface area contributed by atoms with Gasteiger partial charge in [-0.05, 0) is 39.0 Å². The number of aromatic nitrogens is 2. The molecule has 0 aliphatic rings. The van der Waals surface area contributed by atoms with Crippen LogP contribution in [-0.2, 0) is 13.0 Å². The van der Waals surface area contributed by atoms with E-state index in [1.807, 2.05) is 49.7 Å². The van der Waals surface area contributed by atoms with Crippen molar-refractivity contribution in [2.75, 3.05) is 6.61 Å². The van der Waals surface area contributed by atoms with Crippen LogP contribution >= 0.6 is 0 Å². The maximum atomic E-state index is 12.4. The second-order valence-electron chi connectivity index (χ2n) is 4.65. The van der Waals surface area contributed by atoms with Gasteiger partial charge in [-0.25, -0.2) is 0 Å². The van der Waals surface area contributed by atoms with Crippen molar-refractivity contribution in [3.05, 3.63) is 47.3 Å². The summed E-state index contributed by atoms with van der Waals surface area (Å²) in [6.45, 7) is 7.26. The van der Waals surface area contributed by atoms with Crippen molar-refractivity contribution in [1.29, 1.82) is 0 Å². The first-order valence-electron chi connectivity index (χ1n) is 6.93. The van der Waals surface area contributed by atoms with Crippen LogP contribution in [0.2, 0.25) is 0 Å². The number of ether oxygens (including phenoxy) is 1. The lowest BCUT2D eigenvalue weighted by atomic mass is 10.1. The van der Waals surface area contributed by atoms with Crippen LogP contribution in [0.15, 0.2) is 30.3 Å². The molecule has 0 atom stereocenters. The van der Waals surface area contributed by atoms with Crippen LogP contribution in [0.3, 0.4) is 0 Å². The zero-order chi connectivity index (χ0) is 14.5. The molecule has 0 bridgehead atoms. The largest absolute Gasteiger partial charge is 0.494 e. The SMILES string of the molecule is CCOc1cccc(C(=O)Cc2cc(C)nn2CC)c1. The van der Waals surface area contributed by atoms with Gasteiger partial charge in [-0.15, -0.1) is 0 Å². The van der Waals surface area contributed by atoms with Crippen LogP contribution in [0.5, 0.6) is 5.75 Å². The first kappa shape index (κ1) is 14.3. The third-order valence-corrected chi connectivity index (χ3v) is 3.09. The van der Waals surface area contributed by atoms with E-state index in [1.54, 1.807) is 6.07 Å². The highest BCUT2D eigenvalue weighted by atomic mass is 16.5. The minimum atomic E-state index is 0.0844. The molecule has 0 aliphatic carbocycles. The van der Waals surface area contributed by atoms with E-state index in [0.29, 0.717) is 18.6 Å². The van der Waals surface area contributed by atoms with E-state index >= 15 is 0 Å². The van der Waals surface area contributed by atoms with E-state index in [1.165, 1.54) is 0 Å². The minimum absolute atomic E-state index is 0.0844. The van der Waals surface area contributed by atoms with E-state index in [2.05, 4.69) is 5.10 Å². The minimum Gasteiger partial charge on any atom is -0.494 e. The number of nitrogens with zero attached hydrogens (tertiary/aromatic N) is 2. The van der Waals surface area contributed by atoms with Gasteiger partial charge in [-0.1, -0.05) is 12.1 Å². The summed E-state index contributed by atoms with van der Waals surface area (Å²) in [4.78, 5) is 12.4. The Kier molecular flexibility index (Phi) is 4.56. The Morgan fingerprint density at radius 3 is 2.80 bits per heavy atom. The molecule has 106 valence electrons. The quantitative estimate of drug-likeness (QED) is 0.759. The Hall–Kier alpha value is -2.10. The van der Waals surface area contributed by atoms with Crippen molar-refractivity contribution in [2.24, 2.45) is 0 Å². The van der Waals surface area contributed by atoms with Crippen molar-refractivity contribution < 1.29 is 9.53 Å². The number of aryl methyl sites for hydroxylation is 2. The van der Waals surface area contributed by atoms with Crippen LogP contribution in [0, 0.1) is 6.92 Å². The highest BCUT2D eigenvalue weighted by Crippen LogP contribution is 2.16. The Bertz CT molecular complexity index is 602. The average molecular weight is 272 g/mol. The van der Waals surface area contributed by atoms with Gasteiger partial charge in [0.05, 0.1) is 18.7 Å². The summed E-state index contributed by atoms with van der Waals surface area (Å²) in [6.07, 6.45) is 0.365. The number of rotatable bonds is 6. The molecule has 0 amide bonds. The van der Waals surface area contributed by atoms with Crippen molar-refractivity contribution in [2.45, 2.75) is 33.7 Å². The van der Waals surface area contributed by atoms with Gasteiger partial charge in [0.1, 0.15) is 5.75 Å². The summed E-state index contributed by atoms with van der Waals surface area (Å²) < 4.78 is 7.30. The molecule has 0 fully saturated rings. The van der Waals surface area contributed by atoms with Gasteiger partial charge in [0, 0.05) is 17.8 Å². The van der Waals surface area contributed by atoms with E-state index < -0.39 is 0 Å². The summed E-state index contributed by atoms with van der Waals surface area (Å²) in [7, 11) is 0. The normalized spacial score (nSPS) is 10.6. The fourth-order valence-electron chi connectivity index (χ4n) is 2.21. The highest BCUT2D eigenvalue weighted by Gasteiger charge is 2.12. The van der Waals surface area contributed by atoms with E-state index in [0.717, 1.165) is 23.7 Å². The summed E-state index contributed by atoms with van der Waals surface area (Å²) in [5.74, 6) is 0.819. The Morgan fingerprint density at radius 2 is 2.10 bits per heavy atom. The topological polar surface area (TPSA) is 44.1 Å². The van der Waals surface area contributed by atoms with Crippen molar-refractivity contribution in [3.8, 4) is 5.75 Å². The fourth-order valence-corrected chi connectivity index (χ4v) is 2.21. The zero-order valence-electron chi connectivity index (χ0n) is 12.2. The van der Waals surface area contributed by atoms with Crippen molar-refractivity contribution in [3.63, 3.8) is 0 Å². The smallest absolute Gasteiger partial charge is 0.168 e. The third-order valence-electron chi connectivity index (χ3n) is 3.09. The summed E-state index contributed by atoms with van der Waals surface area (Å²) in [6, 6.07) is 9.30. The monoisotopic (exact) mass is 272 g/mol. The number of hydrogen-bond acceptors (Lipinski definition) is 3. The van der Waals surface area contributed by atoms with Crippen LogP contribution in [-0.4, -0.2) is 22.2 Å². The standard InChI is InChI=1S/C16H20N2O2/c1-4-18-14(9-12(3)17-18)11-16(19)13-7-6-8-15(10-13)20-5-2/h6-10H,4-5,11H2,1-3H3. The molecule has 20 heavy (non-hydrogen) atoms. The van der Waals surface area contributed by atoms with E-state index in [-0.39, 0.29) is 5.78 Å². The number of carbonyl (C=O) groups is 1. The molecule has 2 aromatic rings. The first-order valence-corrected chi connectivity index (χ1v) is 6.93. The number of ketones is 1. The summed E-state index contributed by atoms with van der Waals surface area (Å²) in [5.41, 5.74) is 2.58. The van der Waals surface area contributed by atoms with Crippen molar-refractivity contribution in [1.82, 2.24) is 9.78 Å². The third kappa shape index (κ3) is 3.26. The Morgan fingerprint density at radius 1 is 1.30 bits per heavy atom. The number of benzene rings is 1. The van der Waals surface area contributed by atoms with Gasteiger partial charge in [0.25, 0.3) is 0 Å². The van der Waals surface area contributed by atoms with Gasteiger partial charge >= 0.3 is 0 Å². The lowest BCUT2D eigenvalue weighted by Gasteiger charge is -2.06. The van der Waals surface area contributed by atoms with Gasteiger partial charge in [-0.2, -0.15) is 5.10 Å². The average Bonchev–Trinajstić information content (AvgIpc) is 2.79. The first-order chi connectivity index (χ1) is 9.63. The molecule has 1 heterocycles. The molecule has 0 saturated carbocycles. The summed E-state index contributed by atoms with van der Waals surface area (Å²) >= 11 is 0.